The molecular weight excluding hydrogens is 442 g/mol. The average molecular weight is 480 g/mol. The van der Waals surface area contributed by atoms with Gasteiger partial charge in [0.15, 0.2) is 0 Å². The first-order valence-electron chi connectivity index (χ1n) is 12.2. The Morgan fingerprint density at radius 3 is 2.26 bits per heavy atom. The molecule has 7 heteroatoms. The van der Waals surface area contributed by atoms with Crippen LogP contribution in [0.4, 0.5) is 5.69 Å². The smallest absolute Gasteiger partial charge is 0.295 e. The first kappa shape index (κ1) is 26.5. The van der Waals surface area contributed by atoms with Crippen LogP contribution in [-0.2, 0) is 24.5 Å². The summed E-state index contributed by atoms with van der Waals surface area (Å²) < 4.78 is 5.47. The summed E-state index contributed by atoms with van der Waals surface area (Å²) in [6.45, 7) is 12.7. The topological polar surface area (TPSA) is 88.6 Å². The maximum atomic E-state index is 13.8. The number of nitrogens with zero attached hydrogens (tertiary/aromatic N) is 2. The Kier molecular flexibility index (Phi) is 8.11. The largest absolute Gasteiger partial charge is 0.381 e. The van der Waals surface area contributed by atoms with Crippen molar-refractivity contribution in [3.8, 4) is 0 Å². The van der Waals surface area contributed by atoms with Crippen molar-refractivity contribution in [1.82, 2.24) is 10.3 Å². The van der Waals surface area contributed by atoms with Gasteiger partial charge in [-0.05, 0) is 62.8 Å². The van der Waals surface area contributed by atoms with E-state index in [0.717, 1.165) is 12.0 Å². The van der Waals surface area contributed by atoms with Crippen LogP contribution in [0, 0.1) is 5.92 Å². The first-order chi connectivity index (χ1) is 16.4. The Hall–Kier alpha value is -3.06. The van der Waals surface area contributed by atoms with Gasteiger partial charge in [-0.2, -0.15) is 0 Å². The van der Waals surface area contributed by atoms with E-state index < -0.39 is 29.2 Å². The molecule has 1 saturated heterocycles. The number of aromatic nitrogens is 1. The Morgan fingerprint density at radius 2 is 1.74 bits per heavy atom. The zero-order valence-electron chi connectivity index (χ0n) is 21.6. The van der Waals surface area contributed by atoms with Gasteiger partial charge in [0.2, 0.25) is 11.7 Å². The highest BCUT2D eigenvalue weighted by Crippen LogP contribution is 2.32. The van der Waals surface area contributed by atoms with Crippen LogP contribution < -0.4 is 10.2 Å². The summed E-state index contributed by atoms with van der Waals surface area (Å²) in [6.07, 6.45) is 4.48. The molecule has 0 bridgehead atoms. The molecule has 0 spiro atoms. The standard InChI is InChI=1S/C28H37N3O4/c1-27(2,3)21-11-13-22(14-12-21)31(26(34)24(32)20-10-8-16-35-18-20)23(19-9-7-15-29-17-19)25(33)30-28(4,5)6/h7,9,11-15,17,20,23H,8,10,16,18H2,1-6H3,(H,30,33). The Labute approximate surface area is 208 Å². The molecule has 1 aromatic carbocycles. The van der Waals surface area contributed by atoms with E-state index in [-0.39, 0.29) is 17.9 Å². The molecule has 2 atom stereocenters. The minimum absolute atomic E-state index is 0.0883. The molecule has 35 heavy (non-hydrogen) atoms. The maximum absolute atomic E-state index is 13.8. The summed E-state index contributed by atoms with van der Waals surface area (Å²) in [5.41, 5.74) is 1.46. The third kappa shape index (κ3) is 6.75. The van der Waals surface area contributed by atoms with E-state index in [1.807, 2.05) is 32.9 Å². The molecule has 0 radical (unpaired) electrons. The van der Waals surface area contributed by atoms with Crippen molar-refractivity contribution < 1.29 is 19.1 Å². The number of nitrogens with one attached hydrogen (secondary N) is 1. The van der Waals surface area contributed by atoms with Gasteiger partial charge >= 0.3 is 0 Å². The Bertz CT molecular complexity index is 1030. The summed E-state index contributed by atoms with van der Waals surface area (Å²) in [7, 11) is 0. The number of carbonyl (C=O) groups excluding carboxylic acids is 3. The number of ketones is 1. The number of hydrogen-bond acceptors (Lipinski definition) is 5. The SMILES string of the molecule is CC(C)(C)NC(=O)C(c1cccnc1)N(C(=O)C(=O)C1CCCOC1)c1ccc(C(C)(C)C)cc1. The summed E-state index contributed by atoms with van der Waals surface area (Å²) in [5.74, 6) is -2.16. The highest BCUT2D eigenvalue weighted by Gasteiger charge is 2.39. The third-order valence-corrected chi connectivity index (χ3v) is 5.98. The fourth-order valence-corrected chi connectivity index (χ4v) is 4.14. The molecule has 1 aliphatic heterocycles. The third-order valence-electron chi connectivity index (χ3n) is 5.98. The lowest BCUT2D eigenvalue weighted by atomic mass is 9.87. The second-order valence-electron chi connectivity index (χ2n) is 11.2. The van der Waals surface area contributed by atoms with Crippen molar-refractivity contribution in [3.05, 3.63) is 59.9 Å². The van der Waals surface area contributed by atoms with Gasteiger partial charge in [0.25, 0.3) is 5.91 Å². The number of carbonyl (C=O) groups is 3. The van der Waals surface area contributed by atoms with Gasteiger partial charge in [-0.3, -0.25) is 24.3 Å². The fourth-order valence-electron chi connectivity index (χ4n) is 4.14. The number of Topliss-reactive ketones (excluding diaryl/α,β-unsaturated/α-hetero) is 1. The lowest BCUT2D eigenvalue weighted by molar-refractivity contribution is -0.142. The van der Waals surface area contributed by atoms with Crippen molar-refractivity contribution in [2.75, 3.05) is 18.1 Å². The van der Waals surface area contributed by atoms with Gasteiger partial charge in [0.05, 0.1) is 12.5 Å². The molecule has 1 N–H and O–H groups in total. The van der Waals surface area contributed by atoms with E-state index in [1.165, 1.54) is 4.90 Å². The molecule has 2 heterocycles. The number of hydrogen-bond donors (Lipinski definition) is 1. The van der Waals surface area contributed by atoms with Crippen LogP contribution in [-0.4, -0.2) is 41.3 Å². The highest BCUT2D eigenvalue weighted by atomic mass is 16.5. The van der Waals surface area contributed by atoms with Crippen LogP contribution in [0.5, 0.6) is 0 Å². The number of pyridine rings is 1. The number of amides is 2. The van der Waals surface area contributed by atoms with Gasteiger partial charge in [-0.25, -0.2) is 0 Å². The first-order valence-corrected chi connectivity index (χ1v) is 12.2. The molecule has 0 aliphatic carbocycles. The van der Waals surface area contributed by atoms with E-state index in [0.29, 0.717) is 24.3 Å². The minimum atomic E-state index is -1.07. The van der Waals surface area contributed by atoms with E-state index in [2.05, 4.69) is 31.1 Å². The van der Waals surface area contributed by atoms with Crippen LogP contribution >= 0.6 is 0 Å². The number of ether oxygens (including phenoxy) is 1. The zero-order chi connectivity index (χ0) is 25.8. The Morgan fingerprint density at radius 1 is 1.06 bits per heavy atom. The van der Waals surface area contributed by atoms with Crippen LogP contribution in [0.15, 0.2) is 48.8 Å². The van der Waals surface area contributed by atoms with Crippen molar-refractivity contribution >= 4 is 23.3 Å². The summed E-state index contributed by atoms with van der Waals surface area (Å²) >= 11 is 0. The lowest BCUT2D eigenvalue weighted by Crippen LogP contribution is -2.52. The quantitative estimate of drug-likeness (QED) is 0.622. The molecule has 188 valence electrons. The van der Waals surface area contributed by atoms with Crippen LogP contribution in [0.25, 0.3) is 0 Å². The summed E-state index contributed by atoms with van der Waals surface area (Å²) in [5, 5.41) is 2.98. The van der Waals surface area contributed by atoms with Crippen LogP contribution in [0.1, 0.15) is 71.6 Å². The zero-order valence-corrected chi connectivity index (χ0v) is 21.6. The second-order valence-corrected chi connectivity index (χ2v) is 11.2. The molecule has 2 unspecified atom stereocenters. The predicted octanol–water partition coefficient (Wildman–Crippen LogP) is 4.36. The van der Waals surface area contributed by atoms with Gasteiger partial charge in [-0.1, -0.05) is 39.0 Å². The monoisotopic (exact) mass is 479 g/mol. The minimum Gasteiger partial charge on any atom is -0.381 e. The van der Waals surface area contributed by atoms with Crippen LogP contribution in [0.2, 0.25) is 0 Å². The second kappa shape index (κ2) is 10.7. The molecule has 1 fully saturated rings. The predicted molar refractivity (Wildman–Crippen MR) is 136 cm³/mol. The van der Waals surface area contributed by atoms with Crippen molar-refractivity contribution in [3.63, 3.8) is 0 Å². The van der Waals surface area contributed by atoms with Crippen LogP contribution in [0.3, 0.4) is 0 Å². The van der Waals surface area contributed by atoms with Gasteiger partial charge in [-0.15, -0.1) is 0 Å². The van der Waals surface area contributed by atoms with E-state index in [4.69, 9.17) is 4.74 Å². The average Bonchev–Trinajstić information content (AvgIpc) is 2.81. The van der Waals surface area contributed by atoms with E-state index in [9.17, 15) is 14.4 Å². The summed E-state index contributed by atoms with van der Waals surface area (Å²) in [6, 6.07) is 9.88. The molecule has 3 rings (SSSR count). The molecule has 2 aromatic rings. The molecule has 7 nitrogen and oxygen atoms in total. The van der Waals surface area contributed by atoms with Gasteiger partial charge in [0.1, 0.15) is 6.04 Å². The highest BCUT2D eigenvalue weighted by molar-refractivity contribution is 6.42. The number of anilines is 1. The molecule has 0 saturated carbocycles. The number of rotatable bonds is 6. The number of benzene rings is 1. The normalized spacial score (nSPS) is 17.4. The van der Waals surface area contributed by atoms with Crippen molar-refractivity contribution in [1.29, 1.82) is 0 Å². The fraction of sp³-hybridized carbons (Fsp3) is 0.500. The van der Waals surface area contributed by atoms with E-state index in [1.54, 1.807) is 36.7 Å². The molecule has 1 aromatic heterocycles. The molecule has 2 amide bonds. The molecular formula is C28H37N3O4. The maximum Gasteiger partial charge on any atom is 0.295 e. The van der Waals surface area contributed by atoms with Crippen molar-refractivity contribution in [2.45, 2.75) is 71.4 Å². The van der Waals surface area contributed by atoms with Gasteiger partial charge in [0, 0.05) is 35.8 Å². The Balaban J connectivity index is 2.12. The van der Waals surface area contributed by atoms with E-state index >= 15 is 0 Å². The molecule has 1 aliphatic rings. The van der Waals surface area contributed by atoms with Crippen molar-refractivity contribution in [2.24, 2.45) is 5.92 Å². The van der Waals surface area contributed by atoms with Gasteiger partial charge < -0.3 is 10.1 Å². The summed E-state index contributed by atoms with van der Waals surface area (Å²) in [4.78, 5) is 46.3. The lowest BCUT2D eigenvalue weighted by Gasteiger charge is -2.34.